The van der Waals surface area contributed by atoms with Crippen LogP contribution in [0.1, 0.15) is 57.2 Å². The maximum absolute atomic E-state index is 13.1. The highest BCUT2D eigenvalue weighted by atomic mass is 16.5. The number of benzene rings is 1. The van der Waals surface area contributed by atoms with Gasteiger partial charge in [0.15, 0.2) is 0 Å². The number of amides is 1. The third-order valence-corrected chi connectivity index (χ3v) is 7.78. The van der Waals surface area contributed by atoms with Crippen molar-refractivity contribution in [3.05, 3.63) is 39.8 Å². The molecule has 1 aromatic heterocycles. The Balaban J connectivity index is 1.47. The van der Waals surface area contributed by atoms with Gasteiger partial charge in [0.1, 0.15) is 17.3 Å². The quantitative estimate of drug-likeness (QED) is 0.627. The van der Waals surface area contributed by atoms with E-state index < -0.39 is 0 Å². The fourth-order valence-corrected chi connectivity index (χ4v) is 5.76. The van der Waals surface area contributed by atoms with E-state index in [4.69, 9.17) is 15.5 Å². The summed E-state index contributed by atoms with van der Waals surface area (Å²) in [5.41, 5.74) is 8.75. The summed E-state index contributed by atoms with van der Waals surface area (Å²) in [6, 6.07) is 6.20. The number of nitrogens with two attached hydrogens (primary N) is 1. The van der Waals surface area contributed by atoms with Crippen molar-refractivity contribution in [2.75, 3.05) is 25.2 Å². The molecule has 2 aliphatic heterocycles. The van der Waals surface area contributed by atoms with E-state index in [9.17, 15) is 9.59 Å². The zero-order valence-electron chi connectivity index (χ0n) is 19.7. The van der Waals surface area contributed by atoms with E-state index in [0.29, 0.717) is 24.0 Å². The van der Waals surface area contributed by atoms with Gasteiger partial charge in [-0.25, -0.2) is 9.99 Å². The molecule has 0 radical (unpaired) electrons. The van der Waals surface area contributed by atoms with E-state index in [-0.39, 0.29) is 22.9 Å². The lowest BCUT2D eigenvalue weighted by Gasteiger charge is -2.27. The minimum absolute atomic E-state index is 0.0174. The zero-order chi connectivity index (χ0) is 23.3. The summed E-state index contributed by atoms with van der Waals surface area (Å²) in [7, 11) is 1.93. The molecule has 2 atom stereocenters. The first kappa shape index (κ1) is 21.9. The number of rotatable bonds is 7. The van der Waals surface area contributed by atoms with E-state index in [1.165, 1.54) is 5.56 Å². The van der Waals surface area contributed by atoms with Crippen LogP contribution in [0.25, 0.3) is 11.4 Å². The number of anilines is 1. The number of ether oxygens (including phenoxy) is 1. The predicted molar refractivity (Wildman–Crippen MR) is 127 cm³/mol. The Morgan fingerprint density at radius 1 is 1.27 bits per heavy atom. The molecule has 8 heteroatoms. The maximum Gasteiger partial charge on any atom is 0.276 e. The second-order valence-electron chi connectivity index (χ2n) is 9.67. The Hall–Kier alpha value is -2.87. The van der Waals surface area contributed by atoms with Crippen LogP contribution in [-0.2, 0) is 16.8 Å². The van der Waals surface area contributed by atoms with Crippen LogP contribution in [0.4, 0.5) is 5.69 Å². The van der Waals surface area contributed by atoms with Crippen molar-refractivity contribution in [1.82, 2.24) is 15.0 Å². The summed E-state index contributed by atoms with van der Waals surface area (Å²) >= 11 is 0. The number of hydrogen-bond donors (Lipinski definition) is 2. The highest BCUT2D eigenvalue weighted by Gasteiger charge is 2.63. The molecule has 3 N–H and O–H groups in total. The predicted octanol–water partition coefficient (Wildman–Crippen LogP) is 2.96. The summed E-state index contributed by atoms with van der Waals surface area (Å²) < 4.78 is 5.91. The van der Waals surface area contributed by atoms with Gasteiger partial charge >= 0.3 is 0 Å². The monoisotopic (exact) mass is 451 g/mol. The number of carbonyl (C=O) groups excluding carboxylic acids is 1. The standard InChI is InChI=1S/C25H33N5O3/c1-4-25-14-30(25)29(3)20-21(25)27-23(28-24(20)32)18-13-16(8-11-19(18)33-5-2)12-15-6-9-17(10-7-15)22(26)31/h8,11,13,15,17H,4-7,9-10,12,14H2,1-3H3,(H2,26,31)(H,27,28,32). The highest BCUT2D eigenvalue weighted by Crippen LogP contribution is 2.54. The summed E-state index contributed by atoms with van der Waals surface area (Å²) in [5, 5.41) is 4.14. The molecule has 8 nitrogen and oxygen atoms in total. The smallest absolute Gasteiger partial charge is 0.276 e. The molecule has 33 heavy (non-hydrogen) atoms. The molecule has 2 unspecified atom stereocenters. The molecule has 0 bridgehead atoms. The SMILES string of the molecule is CCOc1ccc(CC2CCC(C(N)=O)CC2)cc1-c1nc2c(c(=O)[nH]1)N(C)N1CC21CC. The van der Waals surface area contributed by atoms with Gasteiger partial charge in [0.25, 0.3) is 5.56 Å². The molecule has 5 rings (SSSR count). The summed E-state index contributed by atoms with van der Waals surface area (Å²) in [6.45, 7) is 5.53. The molecule has 1 saturated carbocycles. The van der Waals surface area contributed by atoms with Crippen LogP contribution in [0.3, 0.4) is 0 Å². The molecule has 3 heterocycles. The van der Waals surface area contributed by atoms with Gasteiger partial charge in [-0.3, -0.25) is 9.59 Å². The molecule has 1 aromatic carbocycles. The van der Waals surface area contributed by atoms with Gasteiger partial charge in [0, 0.05) is 19.5 Å². The maximum atomic E-state index is 13.1. The number of hydrogen-bond acceptors (Lipinski definition) is 6. The van der Waals surface area contributed by atoms with Crippen molar-refractivity contribution in [2.45, 2.75) is 57.9 Å². The third-order valence-electron chi connectivity index (χ3n) is 7.78. The number of H-pyrrole nitrogens is 1. The van der Waals surface area contributed by atoms with Crippen LogP contribution in [0.2, 0.25) is 0 Å². The van der Waals surface area contributed by atoms with Crippen LogP contribution < -0.4 is 21.0 Å². The Labute approximate surface area is 194 Å². The number of nitrogens with zero attached hydrogens (tertiary/aromatic N) is 3. The summed E-state index contributed by atoms with van der Waals surface area (Å²) in [5.74, 6) is 1.66. The Morgan fingerprint density at radius 3 is 2.70 bits per heavy atom. The minimum Gasteiger partial charge on any atom is -0.493 e. The van der Waals surface area contributed by atoms with Crippen LogP contribution in [-0.4, -0.2) is 41.1 Å². The van der Waals surface area contributed by atoms with Gasteiger partial charge < -0.3 is 20.5 Å². The van der Waals surface area contributed by atoms with Gasteiger partial charge in [-0.1, -0.05) is 13.0 Å². The number of aromatic nitrogens is 2. The molecular formula is C25H33N5O3. The first-order chi connectivity index (χ1) is 15.9. The van der Waals surface area contributed by atoms with Crippen LogP contribution in [0.15, 0.2) is 23.0 Å². The van der Waals surface area contributed by atoms with Crippen LogP contribution in [0.5, 0.6) is 5.75 Å². The molecule has 0 spiro atoms. The van der Waals surface area contributed by atoms with Gasteiger partial charge in [-0.2, -0.15) is 0 Å². The second kappa shape index (κ2) is 8.17. The molecule has 2 fully saturated rings. The molecule has 2 aromatic rings. The van der Waals surface area contributed by atoms with Gasteiger partial charge in [-0.05, 0) is 69.1 Å². The number of carbonyl (C=O) groups is 1. The topological polar surface area (TPSA) is 104 Å². The van der Waals surface area contributed by atoms with Gasteiger partial charge in [-0.15, -0.1) is 0 Å². The van der Waals surface area contributed by atoms with E-state index in [0.717, 1.165) is 62.1 Å². The van der Waals surface area contributed by atoms with Crippen LogP contribution >= 0.6 is 0 Å². The lowest BCUT2D eigenvalue weighted by atomic mass is 9.79. The van der Waals surface area contributed by atoms with Crippen molar-refractivity contribution in [3.8, 4) is 17.1 Å². The average molecular weight is 452 g/mol. The Morgan fingerprint density at radius 2 is 2.03 bits per heavy atom. The molecule has 3 aliphatic rings. The molecule has 1 amide bonds. The van der Waals surface area contributed by atoms with Crippen molar-refractivity contribution in [3.63, 3.8) is 0 Å². The fourth-order valence-electron chi connectivity index (χ4n) is 5.76. The van der Waals surface area contributed by atoms with Crippen molar-refractivity contribution in [1.29, 1.82) is 0 Å². The number of fused-ring (bicyclic) bond motifs is 3. The average Bonchev–Trinajstić information content (AvgIpc) is 3.50. The fraction of sp³-hybridized carbons (Fsp3) is 0.560. The van der Waals surface area contributed by atoms with Gasteiger partial charge in [0.05, 0.1) is 23.4 Å². The largest absolute Gasteiger partial charge is 0.493 e. The Kier molecular flexibility index (Phi) is 5.43. The molecule has 1 saturated heterocycles. The number of aromatic amines is 1. The summed E-state index contributed by atoms with van der Waals surface area (Å²) in [4.78, 5) is 32.5. The molecule has 176 valence electrons. The van der Waals surface area contributed by atoms with Crippen molar-refractivity contribution in [2.24, 2.45) is 17.6 Å². The second-order valence-corrected chi connectivity index (χ2v) is 9.67. The van der Waals surface area contributed by atoms with Crippen molar-refractivity contribution < 1.29 is 9.53 Å². The summed E-state index contributed by atoms with van der Waals surface area (Å²) in [6.07, 6.45) is 5.58. The van der Waals surface area contributed by atoms with Crippen molar-refractivity contribution >= 4 is 11.6 Å². The van der Waals surface area contributed by atoms with E-state index in [2.05, 4.69) is 29.0 Å². The Bertz CT molecular complexity index is 1140. The zero-order valence-corrected chi connectivity index (χ0v) is 19.7. The number of primary amides is 1. The van der Waals surface area contributed by atoms with Gasteiger partial charge in [0.2, 0.25) is 5.91 Å². The van der Waals surface area contributed by atoms with E-state index in [1.807, 2.05) is 25.0 Å². The van der Waals surface area contributed by atoms with Crippen LogP contribution in [0, 0.1) is 11.8 Å². The lowest BCUT2D eigenvalue weighted by Crippen LogP contribution is -2.28. The first-order valence-electron chi connectivity index (χ1n) is 12.1. The van der Waals surface area contributed by atoms with E-state index >= 15 is 0 Å². The van der Waals surface area contributed by atoms with E-state index in [1.54, 1.807) is 0 Å². The highest BCUT2D eigenvalue weighted by molar-refractivity contribution is 5.76. The number of hydrazine groups is 1. The normalized spacial score (nSPS) is 27.7. The molecular weight excluding hydrogens is 418 g/mol. The lowest BCUT2D eigenvalue weighted by molar-refractivity contribution is -0.122. The number of nitrogens with one attached hydrogen (secondary N) is 1. The molecule has 1 aliphatic carbocycles. The first-order valence-corrected chi connectivity index (χ1v) is 12.1. The minimum atomic E-state index is -0.173. The third kappa shape index (κ3) is 3.60.